The standard InChI is InChI=1S/C22H27N3O/c1-16-6-4-9-18(14-16)20-21(24-12-11-23-20)19-10-5-13-25(15-19)22(26)17-7-2-3-8-17/h4,6,9,11-12,14,17,19H,2-3,5,7-8,10,13,15H2,1H3/t19-/m0/s1. The van der Waals surface area contributed by atoms with Gasteiger partial charge in [0.25, 0.3) is 0 Å². The lowest BCUT2D eigenvalue weighted by Crippen LogP contribution is -2.42. The van der Waals surface area contributed by atoms with Crippen molar-refractivity contribution in [2.45, 2.75) is 51.4 Å². The summed E-state index contributed by atoms with van der Waals surface area (Å²) < 4.78 is 0. The number of aromatic nitrogens is 2. The van der Waals surface area contributed by atoms with Crippen molar-refractivity contribution in [1.82, 2.24) is 14.9 Å². The fraction of sp³-hybridized carbons (Fsp3) is 0.500. The Hall–Kier alpha value is -2.23. The van der Waals surface area contributed by atoms with E-state index in [4.69, 9.17) is 4.98 Å². The van der Waals surface area contributed by atoms with Gasteiger partial charge in [-0.05, 0) is 38.7 Å². The Balaban J connectivity index is 1.58. The van der Waals surface area contributed by atoms with Crippen molar-refractivity contribution in [3.8, 4) is 11.3 Å². The maximum absolute atomic E-state index is 12.9. The van der Waals surface area contributed by atoms with Gasteiger partial charge in [0.05, 0.1) is 11.4 Å². The van der Waals surface area contributed by atoms with E-state index >= 15 is 0 Å². The molecule has 26 heavy (non-hydrogen) atoms. The molecule has 1 aliphatic heterocycles. The number of hydrogen-bond acceptors (Lipinski definition) is 3. The normalized spacial score (nSPS) is 21.1. The first-order chi connectivity index (χ1) is 12.7. The Kier molecular flexibility index (Phi) is 5.00. The molecule has 1 aromatic carbocycles. The maximum Gasteiger partial charge on any atom is 0.225 e. The molecule has 1 amide bonds. The van der Waals surface area contributed by atoms with Crippen molar-refractivity contribution >= 4 is 5.91 Å². The van der Waals surface area contributed by atoms with Crippen molar-refractivity contribution in [3.05, 3.63) is 47.9 Å². The van der Waals surface area contributed by atoms with Crippen LogP contribution in [0.5, 0.6) is 0 Å². The number of piperidine rings is 1. The monoisotopic (exact) mass is 349 g/mol. The Morgan fingerprint density at radius 2 is 1.88 bits per heavy atom. The van der Waals surface area contributed by atoms with Gasteiger partial charge in [-0.2, -0.15) is 0 Å². The van der Waals surface area contributed by atoms with Gasteiger partial charge in [-0.3, -0.25) is 14.8 Å². The zero-order chi connectivity index (χ0) is 17.9. The van der Waals surface area contributed by atoms with Gasteiger partial charge in [-0.25, -0.2) is 0 Å². The van der Waals surface area contributed by atoms with Gasteiger partial charge in [0.15, 0.2) is 0 Å². The molecular weight excluding hydrogens is 322 g/mol. The molecule has 0 bridgehead atoms. The summed E-state index contributed by atoms with van der Waals surface area (Å²) in [6.45, 7) is 3.78. The van der Waals surface area contributed by atoms with Gasteiger partial charge < -0.3 is 4.90 Å². The second-order valence-corrected chi connectivity index (χ2v) is 7.76. The Bertz CT molecular complexity index is 782. The second-order valence-electron chi connectivity index (χ2n) is 7.76. The first-order valence-electron chi connectivity index (χ1n) is 9.89. The first-order valence-corrected chi connectivity index (χ1v) is 9.89. The molecule has 4 rings (SSSR count). The third-order valence-electron chi connectivity index (χ3n) is 5.84. The summed E-state index contributed by atoms with van der Waals surface area (Å²) in [5.41, 5.74) is 4.35. The number of carbonyl (C=O) groups excluding carboxylic acids is 1. The quantitative estimate of drug-likeness (QED) is 0.828. The lowest BCUT2D eigenvalue weighted by molar-refractivity contribution is -0.136. The van der Waals surface area contributed by atoms with Gasteiger partial charge >= 0.3 is 0 Å². The molecule has 0 unspecified atom stereocenters. The molecule has 1 aromatic heterocycles. The minimum Gasteiger partial charge on any atom is -0.342 e. The third kappa shape index (κ3) is 3.50. The van der Waals surface area contributed by atoms with Gasteiger partial charge in [-0.1, -0.05) is 36.6 Å². The highest BCUT2D eigenvalue weighted by atomic mass is 16.2. The summed E-state index contributed by atoms with van der Waals surface area (Å²) >= 11 is 0. The fourth-order valence-electron chi connectivity index (χ4n) is 4.49. The van der Waals surface area contributed by atoms with E-state index in [1.807, 2.05) is 0 Å². The predicted octanol–water partition coefficient (Wildman–Crippen LogP) is 4.35. The Labute approximate surface area is 155 Å². The molecule has 2 aromatic rings. The van der Waals surface area contributed by atoms with E-state index in [9.17, 15) is 4.79 Å². The number of nitrogens with zero attached hydrogens (tertiary/aromatic N) is 3. The molecule has 2 heterocycles. The highest BCUT2D eigenvalue weighted by Crippen LogP contribution is 2.34. The molecule has 0 radical (unpaired) electrons. The number of amides is 1. The topological polar surface area (TPSA) is 46.1 Å². The molecule has 4 heteroatoms. The molecule has 2 fully saturated rings. The fourth-order valence-corrected chi connectivity index (χ4v) is 4.49. The van der Waals surface area contributed by atoms with Crippen molar-refractivity contribution in [3.63, 3.8) is 0 Å². The van der Waals surface area contributed by atoms with E-state index in [0.29, 0.717) is 5.91 Å². The van der Waals surface area contributed by atoms with Crippen LogP contribution >= 0.6 is 0 Å². The van der Waals surface area contributed by atoms with E-state index < -0.39 is 0 Å². The lowest BCUT2D eigenvalue weighted by atomic mass is 9.90. The van der Waals surface area contributed by atoms with Gasteiger partial charge in [0, 0.05) is 42.9 Å². The van der Waals surface area contributed by atoms with Crippen molar-refractivity contribution in [1.29, 1.82) is 0 Å². The Morgan fingerprint density at radius 3 is 2.69 bits per heavy atom. The second kappa shape index (κ2) is 7.56. The number of hydrogen-bond donors (Lipinski definition) is 0. The lowest BCUT2D eigenvalue weighted by Gasteiger charge is -2.34. The number of carbonyl (C=O) groups is 1. The number of aryl methyl sites for hydroxylation is 1. The van der Waals surface area contributed by atoms with E-state index in [2.05, 4.69) is 41.1 Å². The minimum atomic E-state index is 0.256. The largest absolute Gasteiger partial charge is 0.342 e. The molecule has 1 aliphatic carbocycles. The van der Waals surface area contributed by atoms with Crippen molar-refractivity contribution in [2.75, 3.05) is 13.1 Å². The SMILES string of the molecule is Cc1cccc(-c2nccnc2[C@H]2CCCN(C(=O)C3CCCC3)C2)c1. The number of benzene rings is 1. The molecule has 2 aliphatic rings. The molecule has 4 nitrogen and oxygen atoms in total. The highest BCUT2D eigenvalue weighted by molar-refractivity contribution is 5.79. The van der Waals surface area contributed by atoms with Crippen LogP contribution in [-0.2, 0) is 4.79 Å². The van der Waals surface area contributed by atoms with Crippen LogP contribution in [0.4, 0.5) is 0 Å². The zero-order valence-electron chi connectivity index (χ0n) is 15.5. The van der Waals surface area contributed by atoms with Gasteiger partial charge in [0.2, 0.25) is 5.91 Å². The van der Waals surface area contributed by atoms with Crippen molar-refractivity contribution in [2.24, 2.45) is 5.92 Å². The van der Waals surface area contributed by atoms with E-state index in [0.717, 1.165) is 55.7 Å². The van der Waals surface area contributed by atoms with Crippen molar-refractivity contribution < 1.29 is 4.79 Å². The smallest absolute Gasteiger partial charge is 0.225 e. The first kappa shape index (κ1) is 17.2. The minimum absolute atomic E-state index is 0.256. The number of rotatable bonds is 3. The van der Waals surface area contributed by atoms with E-state index in [1.165, 1.54) is 18.4 Å². The van der Waals surface area contributed by atoms with Crippen LogP contribution < -0.4 is 0 Å². The summed E-state index contributed by atoms with van der Waals surface area (Å²) in [5.74, 6) is 0.901. The number of likely N-dealkylation sites (tertiary alicyclic amines) is 1. The molecule has 0 spiro atoms. The van der Waals surface area contributed by atoms with Crippen LogP contribution in [0.25, 0.3) is 11.3 Å². The van der Waals surface area contributed by atoms with Crippen LogP contribution in [0.3, 0.4) is 0 Å². The summed E-state index contributed by atoms with van der Waals surface area (Å²) in [7, 11) is 0. The zero-order valence-corrected chi connectivity index (χ0v) is 15.5. The summed E-state index contributed by atoms with van der Waals surface area (Å²) in [6, 6.07) is 8.44. The average molecular weight is 349 g/mol. The van der Waals surface area contributed by atoms with Crippen LogP contribution in [0.2, 0.25) is 0 Å². The average Bonchev–Trinajstić information content (AvgIpc) is 3.22. The molecule has 1 saturated heterocycles. The Morgan fingerprint density at radius 1 is 1.08 bits per heavy atom. The van der Waals surface area contributed by atoms with Gasteiger partial charge in [-0.15, -0.1) is 0 Å². The van der Waals surface area contributed by atoms with Crippen LogP contribution in [-0.4, -0.2) is 33.9 Å². The third-order valence-corrected chi connectivity index (χ3v) is 5.84. The summed E-state index contributed by atoms with van der Waals surface area (Å²) in [5, 5.41) is 0. The maximum atomic E-state index is 12.9. The summed E-state index contributed by atoms with van der Waals surface area (Å²) in [4.78, 5) is 24.3. The molecule has 136 valence electrons. The molecule has 1 atom stereocenters. The van der Waals surface area contributed by atoms with Crippen LogP contribution in [0.15, 0.2) is 36.7 Å². The van der Waals surface area contributed by atoms with E-state index in [-0.39, 0.29) is 11.8 Å². The summed E-state index contributed by atoms with van der Waals surface area (Å²) in [6.07, 6.45) is 10.2. The highest BCUT2D eigenvalue weighted by Gasteiger charge is 2.32. The van der Waals surface area contributed by atoms with E-state index in [1.54, 1.807) is 12.4 Å². The molecular formula is C22H27N3O. The predicted molar refractivity (Wildman–Crippen MR) is 103 cm³/mol. The van der Waals surface area contributed by atoms with Crippen LogP contribution in [0, 0.1) is 12.8 Å². The van der Waals surface area contributed by atoms with Gasteiger partial charge in [0.1, 0.15) is 0 Å². The molecule has 0 N–H and O–H groups in total. The van der Waals surface area contributed by atoms with Crippen LogP contribution in [0.1, 0.15) is 55.7 Å². The molecule has 1 saturated carbocycles.